The van der Waals surface area contributed by atoms with Crippen molar-refractivity contribution in [3.8, 4) is 11.3 Å². The predicted octanol–water partition coefficient (Wildman–Crippen LogP) is 7.53. The first-order valence-electron chi connectivity index (χ1n) is 11.1. The SMILES string of the molecule is CCCCCCCCCCNC(=O)c1cc(-c2ccc(Br)cc2)nc2ccccc12. The van der Waals surface area contributed by atoms with Gasteiger partial charge >= 0.3 is 0 Å². The maximum absolute atomic E-state index is 13.0. The van der Waals surface area contributed by atoms with Crippen molar-refractivity contribution in [2.24, 2.45) is 0 Å². The van der Waals surface area contributed by atoms with Crippen molar-refractivity contribution < 1.29 is 4.79 Å². The summed E-state index contributed by atoms with van der Waals surface area (Å²) in [6, 6.07) is 17.8. The average Bonchev–Trinajstić information content (AvgIpc) is 2.77. The van der Waals surface area contributed by atoms with Gasteiger partial charge in [0.1, 0.15) is 0 Å². The van der Waals surface area contributed by atoms with Gasteiger partial charge in [0.15, 0.2) is 0 Å². The molecule has 0 saturated carbocycles. The summed E-state index contributed by atoms with van der Waals surface area (Å²) in [4.78, 5) is 17.7. The minimum atomic E-state index is -0.0186. The van der Waals surface area contributed by atoms with Crippen LogP contribution in [-0.2, 0) is 0 Å². The molecule has 1 amide bonds. The van der Waals surface area contributed by atoms with Crippen molar-refractivity contribution in [3.05, 3.63) is 64.6 Å². The second-order valence-corrected chi connectivity index (χ2v) is 8.73. The van der Waals surface area contributed by atoms with Crippen LogP contribution in [0.5, 0.6) is 0 Å². The molecule has 0 atom stereocenters. The van der Waals surface area contributed by atoms with Gasteiger partial charge in [-0.05, 0) is 30.7 Å². The van der Waals surface area contributed by atoms with Crippen LogP contribution >= 0.6 is 15.9 Å². The first-order valence-corrected chi connectivity index (χ1v) is 11.9. The Hall–Kier alpha value is -2.20. The van der Waals surface area contributed by atoms with Crippen LogP contribution < -0.4 is 5.32 Å². The lowest BCUT2D eigenvalue weighted by atomic mass is 10.0. The zero-order valence-electron chi connectivity index (χ0n) is 17.8. The largest absolute Gasteiger partial charge is 0.352 e. The Labute approximate surface area is 188 Å². The van der Waals surface area contributed by atoms with Gasteiger partial charge in [0.05, 0.1) is 16.8 Å². The first kappa shape index (κ1) is 22.5. The molecule has 0 radical (unpaired) electrons. The van der Waals surface area contributed by atoms with Crippen LogP contribution in [0.2, 0.25) is 0 Å². The summed E-state index contributed by atoms with van der Waals surface area (Å²) in [5.74, 6) is -0.0186. The van der Waals surface area contributed by atoms with Gasteiger partial charge in [-0.2, -0.15) is 0 Å². The Kier molecular flexibility index (Phi) is 8.88. The van der Waals surface area contributed by atoms with Crippen LogP contribution in [0.3, 0.4) is 0 Å². The Morgan fingerprint density at radius 1 is 0.900 bits per heavy atom. The van der Waals surface area contributed by atoms with Crippen molar-refractivity contribution in [2.75, 3.05) is 6.54 Å². The van der Waals surface area contributed by atoms with Crippen LogP contribution in [0.1, 0.15) is 68.6 Å². The van der Waals surface area contributed by atoms with Crippen LogP contribution in [-0.4, -0.2) is 17.4 Å². The number of hydrogen-bond donors (Lipinski definition) is 1. The smallest absolute Gasteiger partial charge is 0.252 e. The number of unbranched alkanes of at least 4 members (excludes halogenated alkanes) is 7. The van der Waals surface area contributed by atoms with E-state index in [1.165, 1.54) is 44.9 Å². The number of halogens is 1. The summed E-state index contributed by atoms with van der Waals surface area (Å²) < 4.78 is 1.02. The number of fused-ring (bicyclic) bond motifs is 1. The van der Waals surface area contributed by atoms with E-state index in [0.29, 0.717) is 5.56 Å². The van der Waals surface area contributed by atoms with Crippen LogP contribution in [0.15, 0.2) is 59.1 Å². The molecule has 30 heavy (non-hydrogen) atoms. The highest BCUT2D eigenvalue weighted by Gasteiger charge is 2.13. The second-order valence-electron chi connectivity index (χ2n) is 7.81. The highest BCUT2D eigenvalue weighted by atomic mass is 79.9. The van der Waals surface area contributed by atoms with Crippen molar-refractivity contribution >= 4 is 32.7 Å². The summed E-state index contributed by atoms with van der Waals surface area (Å²) >= 11 is 3.47. The topological polar surface area (TPSA) is 42.0 Å². The Morgan fingerprint density at radius 2 is 1.57 bits per heavy atom. The maximum Gasteiger partial charge on any atom is 0.252 e. The van der Waals surface area contributed by atoms with Gasteiger partial charge in [-0.1, -0.05) is 98.1 Å². The highest BCUT2D eigenvalue weighted by molar-refractivity contribution is 9.10. The van der Waals surface area contributed by atoms with E-state index < -0.39 is 0 Å². The zero-order valence-corrected chi connectivity index (χ0v) is 19.4. The number of carbonyl (C=O) groups excluding carboxylic acids is 1. The summed E-state index contributed by atoms with van der Waals surface area (Å²) in [7, 11) is 0. The summed E-state index contributed by atoms with van der Waals surface area (Å²) in [6.45, 7) is 2.97. The van der Waals surface area contributed by atoms with Gasteiger partial charge in [-0.15, -0.1) is 0 Å². The lowest BCUT2D eigenvalue weighted by Gasteiger charge is -2.11. The zero-order chi connectivity index (χ0) is 21.2. The molecular weight excluding hydrogens is 436 g/mol. The molecule has 1 heterocycles. The van der Waals surface area contributed by atoms with Gasteiger partial charge in [-0.25, -0.2) is 4.98 Å². The number of rotatable bonds is 11. The third-order valence-corrected chi connectivity index (χ3v) is 5.95. The highest BCUT2D eigenvalue weighted by Crippen LogP contribution is 2.26. The molecule has 0 bridgehead atoms. The normalized spacial score (nSPS) is 11.0. The standard InChI is InChI=1S/C26H31BrN2O/c1-2-3-4-5-6-7-8-11-18-28-26(30)23-19-25(20-14-16-21(27)17-15-20)29-24-13-10-9-12-22(23)24/h9-10,12-17,19H,2-8,11,18H2,1H3,(H,28,30). The van der Waals surface area contributed by atoms with Crippen molar-refractivity contribution in [2.45, 2.75) is 58.3 Å². The number of carbonyl (C=O) groups is 1. The lowest BCUT2D eigenvalue weighted by Crippen LogP contribution is -2.24. The summed E-state index contributed by atoms with van der Waals surface area (Å²) in [6.07, 6.45) is 10.1. The van der Waals surface area contributed by atoms with E-state index in [2.05, 4.69) is 28.2 Å². The fourth-order valence-electron chi connectivity index (χ4n) is 3.69. The predicted molar refractivity (Wildman–Crippen MR) is 130 cm³/mol. The molecule has 158 valence electrons. The Balaban J connectivity index is 1.63. The quantitative estimate of drug-likeness (QED) is 0.296. The van der Waals surface area contributed by atoms with Crippen molar-refractivity contribution in [1.29, 1.82) is 0 Å². The average molecular weight is 467 g/mol. The number of nitrogens with zero attached hydrogens (tertiary/aromatic N) is 1. The third-order valence-electron chi connectivity index (χ3n) is 5.42. The number of aromatic nitrogens is 1. The molecule has 0 fully saturated rings. The molecule has 1 aromatic heterocycles. The van der Waals surface area contributed by atoms with Crippen molar-refractivity contribution in [3.63, 3.8) is 0 Å². The van der Waals surface area contributed by atoms with E-state index >= 15 is 0 Å². The van der Waals surface area contributed by atoms with Crippen LogP contribution in [0, 0.1) is 0 Å². The van der Waals surface area contributed by atoms with E-state index in [4.69, 9.17) is 4.98 Å². The molecule has 0 saturated heterocycles. The van der Waals surface area contributed by atoms with E-state index in [1.54, 1.807) is 0 Å². The van der Waals surface area contributed by atoms with E-state index in [0.717, 1.165) is 39.6 Å². The molecule has 3 aromatic rings. The maximum atomic E-state index is 13.0. The number of amides is 1. The van der Waals surface area contributed by atoms with Crippen LogP contribution in [0.25, 0.3) is 22.2 Å². The molecular formula is C26H31BrN2O. The summed E-state index contributed by atoms with van der Waals surface area (Å²) in [5.41, 5.74) is 3.35. The van der Waals surface area contributed by atoms with Gasteiger partial charge in [0.25, 0.3) is 5.91 Å². The molecule has 2 aromatic carbocycles. The third kappa shape index (κ3) is 6.40. The van der Waals surface area contributed by atoms with Gasteiger partial charge in [0.2, 0.25) is 0 Å². The number of benzene rings is 2. The first-order chi connectivity index (χ1) is 14.7. The Morgan fingerprint density at radius 3 is 2.30 bits per heavy atom. The molecule has 0 aliphatic carbocycles. The number of nitrogens with one attached hydrogen (secondary N) is 1. The molecule has 0 aliphatic rings. The van der Waals surface area contributed by atoms with E-state index in [1.807, 2.05) is 54.6 Å². The fourth-order valence-corrected chi connectivity index (χ4v) is 3.95. The summed E-state index contributed by atoms with van der Waals surface area (Å²) in [5, 5.41) is 4.01. The second kappa shape index (κ2) is 11.8. The van der Waals surface area contributed by atoms with Crippen molar-refractivity contribution in [1.82, 2.24) is 10.3 Å². The fraction of sp³-hybridized carbons (Fsp3) is 0.385. The number of para-hydroxylation sites is 1. The van der Waals surface area contributed by atoms with E-state index in [-0.39, 0.29) is 5.91 Å². The molecule has 4 heteroatoms. The minimum absolute atomic E-state index is 0.0186. The number of pyridine rings is 1. The van der Waals surface area contributed by atoms with Crippen LogP contribution in [0.4, 0.5) is 0 Å². The molecule has 0 spiro atoms. The lowest BCUT2D eigenvalue weighted by molar-refractivity contribution is 0.0954. The molecule has 3 nitrogen and oxygen atoms in total. The van der Waals surface area contributed by atoms with Gasteiger partial charge < -0.3 is 5.32 Å². The number of hydrogen-bond acceptors (Lipinski definition) is 2. The van der Waals surface area contributed by atoms with E-state index in [9.17, 15) is 4.79 Å². The molecule has 0 unspecified atom stereocenters. The Bertz CT molecular complexity index is 953. The molecule has 0 aliphatic heterocycles. The minimum Gasteiger partial charge on any atom is -0.352 e. The van der Waals surface area contributed by atoms with Gasteiger partial charge in [0, 0.05) is 22.0 Å². The molecule has 1 N–H and O–H groups in total. The monoisotopic (exact) mass is 466 g/mol. The molecule has 3 rings (SSSR count). The van der Waals surface area contributed by atoms with Gasteiger partial charge in [-0.3, -0.25) is 4.79 Å².